The van der Waals surface area contributed by atoms with Crippen LogP contribution in [0.5, 0.6) is 0 Å². The van der Waals surface area contributed by atoms with Crippen LogP contribution in [-0.4, -0.2) is 47.0 Å². The van der Waals surface area contributed by atoms with Gasteiger partial charge in [0.05, 0.1) is 0 Å². The first-order valence-corrected chi connectivity index (χ1v) is 6.98. The van der Waals surface area contributed by atoms with Crippen LogP contribution in [0.15, 0.2) is 18.3 Å². The largest absolute Gasteiger partial charge is 0.384 e. The van der Waals surface area contributed by atoms with Gasteiger partial charge in [-0.05, 0) is 50.0 Å². The number of aromatic nitrogens is 1. The fourth-order valence-corrected chi connectivity index (χ4v) is 3.21. The smallest absolute Gasteiger partial charge is 0.123 e. The maximum atomic E-state index is 5.72. The van der Waals surface area contributed by atoms with Crippen LogP contribution >= 0.6 is 0 Å². The second-order valence-corrected chi connectivity index (χ2v) is 5.51. The van der Waals surface area contributed by atoms with Gasteiger partial charge in [0.1, 0.15) is 5.82 Å². The molecule has 0 radical (unpaired) electrons. The van der Waals surface area contributed by atoms with Crippen molar-refractivity contribution < 1.29 is 0 Å². The van der Waals surface area contributed by atoms with Gasteiger partial charge in [-0.25, -0.2) is 4.98 Å². The van der Waals surface area contributed by atoms with E-state index in [1.165, 1.54) is 51.0 Å². The average Bonchev–Trinajstić information content (AvgIpc) is 2.98. The number of nitrogens with zero attached hydrogens (tertiary/aromatic N) is 3. The minimum Gasteiger partial charge on any atom is -0.384 e. The number of nitrogen functional groups attached to an aromatic ring is 1. The number of likely N-dealkylation sites (tertiary alicyclic amines) is 2. The number of pyridine rings is 1. The van der Waals surface area contributed by atoms with Crippen molar-refractivity contribution in [2.24, 2.45) is 0 Å². The highest BCUT2D eigenvalue weighted by Gasteiger charge is 2.28. The summed E-state index contributed by atoms with van der Waals surface area (Å²) in [6, 6.07) is 4.84. The summed E-state index contributed by atoms with van der Waals surface area (Å²) < 4.78 is 0. The molecule has 3 rings (SSSR count). The van der Waals surface area contributed by atoms with Crippen molar-refractivity contribution in [1.82, 2.24) is 14.8 Å². The molecule has 0 spiro atoms. The lowest BCUT2D eigenvalue weighted by molar-refractivity contribution is 0.230. The number of anilines is 1. The molecule has 2 aliphatic rings. The van der Waals surface area contributed by atoms with Crippen molar-refractivity contribution in [1.29, 1.82) is 0 Å². The Bertz CT molecular complexity index is 401. The zero-order valence-electron chi connectivity index (χ0n) is 10.9. The second-order valence-electron chi connectivity index (χ2n) is 5.51. The molecule has 1 unspecified atom stereocenters. The van der Waals surface area contributed by atoms with E-state index in [1.54, 1.807) is 6.20 Å². The fraction of sp³-hybridized carbons (Fsp3) is 0.643. The van der Waals surface area contributed by atoms with Crippen molar-refractivity contribution in [2.45, 2.75) is 31.8 Å². The Morgan fingerprint density at radius 1 is 1.28 bits per heavy atom. The third-order valence-electron chi connectivity index (χ3n) is 4.16. The molecule has 1 aromatic heterocycles. The maximum Gasteiger partial charge on any atom is 0.123 e. The van der Waals surface area contributed by atoms with E-state index in [4.69, 9.17) is 5.73 Å². The normalized spacial score (nSPS) is 25.9. The molecule has 18 heavy (non-hydrogen) atoms. The van der Waals surface area contributed by atoms with E-state index in [1.807, 2.05) is 6.07 Å². The standard InChI is InChI=1S/C14H22N4/c15-14-9-12(3-5-16-14)10-17-8-4-13(11-17)18-6-1-2-7-18/h3,5,9,13H,1-2,4,6-8,10-11H2,(H2,15,16). The van der Waals surface area contributed by atoms with E-state index >= 15 is 0 Å². The highest BCUT2D eigenvalue weighted by atomic mass is 15.3. The molecule has 0 aromatic carbocycles. The molecule has 2 fully saturated rings. The van der Waals surface area contributed by atoms with Gasteiger partial charge < -0.3 is 5.73 Å². The number of hydrogen-bond donors (Lipinski definition) is 1. The molecule has 4 nitrogen and oxygen atoms in total. The van der Waals surface area contributed by atoms with E-state index in [0.29, 0.717) is 5.82 Å². The van der Waals surface area contributed by atoms with Crippen LogP contribution in [0.1, 0.15) is 24.8 Å². The fourth-order valence-electron chi connectivity index (χ4n) is 3.21. The summed E-state index contributed by atoms with van der Waals surface area (Å²) in [6.07, 6.45) is 5.90. The minimum absolute atomic E-state index is 0.628. The third-order valence-corrected chi connectivity index (χ3v) is 4.16. The summed E-state index contributed by atoms with van der Waals surface area (Å²) in [5.74, 6) is 0.628. The number of hydrogen-bond acceptors (Lipinski definition) is 4. The van der Waals surface area contributed by atoms with Crippen molar-refractivity contribution >= 4 is 5.82 Å². The Labute approximate surface area is 109 Å². The van der Waals surface area contributed by atoms with E-state index in [2.05, 4.69) is 20.9 Å². The third kappa shape index (κ3) is 2.65. The van der Waals surface area contributed by atoms with Crippen LogP contribution < -0.4 is 5.73 Å². The van der Waals surface area contributed by atoms with Gasteiger partial charge in [-0.1, -0.05) is 0 Å². The highest BCUT2D eigenvalue weighted by Crippen LogP contribution is 2.21. The van der Waals surface area contributed by atoms with E-state index in [9.17, 15) is 0 Å². The molecule has 4 heteroatoms. The average molecular weight is 246 g/mol. The van der Waals surface area contributed by atoms with E-state index in [0.717, 1.165) is 12.6 Å². The predicted molar refractivity (Wildman–Crippen MR) is 73.1 cm³/mol. The lowest BCUT2D eigenvalue weighted by Gasteiger charge is -2.23. The summed E-state index contributed by atoms with van der Waals surface area (Å²) in [5.41, 5.74) is 7.00. The number of nitrogens with two attached hydrogens (primary N) is 1. The molecule has 1 atom stereocenters. The van der Waals surface area contributed by atoms with E-state index in [-0.39, 0.29) is 0 Å². The molecular formula is C14H22N4. The second kappa shape index (κ2) is 5.24. The van der Waals surface area contributed by atoms with Crippen molar-refractivity contribution in [3.63, 3.8) is 0 Å². The maximum absolute atomic E-state index is 5.72. The molecule has 3 heterocycles. The van der Waals surface area contributed by atoms with Crippen molar-refractivity contribution in [3.05, 3.63) is 23.9 Å². The Morgan fingerprint density at radius 3 is 2.89 bits per heavy atom. The molecule has 0 aliphatic carbocycles. The summed E-state index contributed by atoms with van der Waals surface area (Å²) in [5, 5.41) is 0. The Kier molecular flexibility index (Phi) is 3.48. The summed E-state index contributed by atoms with van der Waals surface area (Å²) in [7, 11) is 0. The SMILES string of the molecule is Nc1cc(CN2CCC(N3CCCC3)C2)ccn1. The van der Waals surface area contributed by atoms with E-state index < -0.39 is 0 Å². The molecule has 0 bridgehead atoms. The van der Waals surface area contributed by atoms with Gasteiger partial charge in [0.25, 0.3) is 0 Å². The highest BCUT2D eigenvalue weighted by molar-refractivity contribution is 5.31. The zero-order chi connectivity index (χ0) is 12.4. The van der Waals surface area contributed by atoms with Gasteiger partial charge >= 0.3 is 0 Å². The molecule has 0 saturated carbocycles. The van der Waals surface area contributed by atoms with Gasteiger partial charge in [0, 0.05) is 31.9 Å². The Hall–Kier alpha value is -1.13. The van der Waals surface area contributed by atoms with Gasteiger partial charge in [-0.15, -0.1) is 0 Å². The lowest BCUT2D eigenvalue weighted by atomic mass is 10.2. The predicted octanol–water partition coefficient (Wildman–Crippen LogP) is 1.33. The van der Waals surface area contributed by atoms with Crippen molar-refractivity contribution in [3.8, 4) is 0 Å². The molecule has 2 saturated heterocycles. The molecule has 1 aromatic rings. The molecule has 0 amide bonds. The Balaban J connectivity index is 1.55. The molecular weight excluding hydrogens is 224 g/mol. The van der Waals surface area contributed by atoms with Crippen LogP contribution in [0.4, 0.5) is 5.82 Å². The summed E-state index contributed by atoms with van der Waals surface area (Å²) >= 11 is 0. The van der Waals surface area contributed by atoms with Gasteiger partial charge in [-0.3, -0.25) is 9.80 Å². The van der Waals surface area contributed by atoms with Crippen LogP contribution in [0.3, 0.4) is 0 Å². The monoisotopic (exact) mass is 246 g/mol. The van der Waals surface area contributed by atoms with Crippen LogP contribution in [-0.2, 0) is 6.54 Å². The number of rotatable bonds is 3. The summed E-state index contributed by atoms with van der Waals surface area (Å²) in [4.78, 5) is 9.25. The first kappa shape index (κ1) is 11.9. The minimum atomic E-state index is 0.628. The topological polar surface area (TPSA) is 45.4 Å². The molecule has 98 valence electrons. The quantitative estimate of drug-likeness (QED) is 0.874. The van der Waals surface area contributed by atoms with Gasteiger partial charge in [-0.2, -0.15) is 0 Å². The zero-order valence-corrected chi connectivity index (χ0v) is 10.9. The summed E-state index contributed by atoms with van der Waals surface area (Å²) in [6.45, 7) is 6.05. The van der Waals surface area contributed by atoms with Gasteiger partial charge in [0.2, 0.25) is 0 Å². The van der Waals surface area contributed by atoms with Crippen LogP contribution in [0, 0.1) is 0 Å². The first-order chi connectivity index (χ1) is 8.81. The Morgan fingerprint density at radius 2 is 2.11 bits per heavy atom. The molecule has 2 N–H and O–H groups in total. The lowest BCUT2D eigenvalue weighted by Crippen LogP contribution is -2.35. The van der Waals surface area contributed by atoms with Crippen LogP contribution in [0.25, 0.3) is 0 Å². The van der Waals surface area contributed by atoms with Crippen molar-refractivity contribution in [2.75, 3.05) is 31.9 Å². The first-order valence-electron chi connectivity index (χ1n) is 6.98. The van der Waals surface area contributed by atoms with Gasteiger partial charge in [0.15, 0.2) is 0 Å². The van der Waals surface area contributed by atoms with Crippen LogP contribution in [0.2, 0.25) is 0 Å². The molecule has 2 aliphatic heterocycles.